The first kappa shape index (κ1) is 14.9. The third-order valence-corrected chi connectivity index (χ3v) is 2.75. The number of rotatable bonds is 2. The van der Waals surface area contributed by atoms with Gasteiger partial charge in [-0.15, -0.1) is 0 Å². The fourth-order valence-corrected chi connectivity index (χ4v) is 1.84. The summed E-state index contributed by atoms with van der Waals surface area (Å²) in [6.07, 6.45) is -4.73. The molecule has 0 radical (unpaired) electrons. The average molecular weight is 303 g/mol. The molecule has 0 aliphatic rings. The van der Waals surface area contributed by atoms with Crippen LogP contribution >= 0.6 is 0 Å². The fraction of sp³-hybridized carbons (Fsp3) is 0.0769. The molecule has 0 aromatic heterocycles. The van der Waals surface area contributed by atoms with E-state index in [1.165, 1.54) is 6.07 Å². The maximum Gasteiger partial charge on any atom is 0.417 e. The van der Waals surface area contributed by atoms with Crippen LogP contribution in [-0.4, -0.2) is 4.92 Å². The van der Waals surface area contributed by atoms with Crippen molar-refractivity contribution in [3.05, 3.63) is 63.7 Å². The summed E-state index contributed by atoms with van der Waals surface area (Å²) in [7, 11) is 0. The standard InChI is InChI=1S/C13H6F5NO2/c14-10-5-7(6-11(12(10)15)19(20)21)8-3-1-2-4-9(8)13(16,17)18/h1-6H. The predicted molar refractivity (Wildman–Crippen MR) is 63.5 cm³/mol. The summed E-state index contributed by atoms with van der Waals surface area (Å²) < 4.78 is 65.2. The molecule has 110 valence electrons. The first-order valence-corrected chi connectivity index (χ1v) is 5.52. The van der Waals surface area contributed by atoms with Crippen molar-refractivity contribution in [1.82, 2.24) is 0 Å². The predicted octanol–water partition coefficient (Wildman–Crippen LogP) is 4.56. The molecular formula is C13H6F5NO2. The summed E-state index contributed by atoms with van der Waals surface area (Å²) in [6.45, 7) is 0. The van der Waals surface area contributed by atoms with Crippen LogP contribution in [0.3, 0.4) is 0 Å². The third-order valence-electron chi connectivity index (χ3n) is 2.75. The number of alkyl halides is 3. The zero-order chi connectivity index (χ0) is 15.8. The molecule has 0 saturated carbocycles. The van der Waals surface area contributed by atoms with Gasteiger partial charge >= 0.3 is 11.9 Å². The summed E-state index contributed by atoms with van der Waals surface area (Å²) in [5.74, 6) is -3.30. The average Bonchev–Trinajstić information content (AvgIpc) is 2.40. The van der Waals surface area contributed by atoms with Crippen molar-refractivity contribution in [2.45, 2.75) is 6.18 Å². The van der Waals surface area contributed by atoms with Gasteiger partial charge in [0.25, 0.3) is 0 Å². The Morgan fingerprint density at radius 1 is 1.05 bits per heavy atom. The molecule has 2 aromatic carbocycles. The molecule has 0 bridgehead atoms. The van der Waals surface area contributed by atoms with E-state index in [1.807, 2.05) is 0 Å². The van der Waals surface area contributed by atoms with Crippen molar-refractivity contribution in [2.75, 3.05) is 0 Å². The van der Waals surface area contributed by atoms with Crippen LogP contribution < -0.4 is 0 Å². The molecule has 0 aliphatic carbocycles. The van der Waals surface area contributed by atoms with Gasteiger partial charge in [0.2, 0.25) is 5.82 Å². The summed E-state index contributed by atoms with van der Waals surface area (Å²) in [6, 6.07) is 5.23. The summed E-state index contributed by atoms with van der Waals surface area (Å²) in [5.41, 5.74) is -3.20. The Labute approximate surface area is 114 Å². The van der Waals surface area contributed by atoms with Crippen molar-refractivity contribution in [3.63, 3.8) is 0 Å². The van der Waals surface area contributed by atoms with E-state index in [0.29, 0.717) is 12.1 Å². The number of nitrogens with zero attached hydrogens (tertiary/aromatic N) is 1. The van der Waals surface area contributed by atoms with Gasteiger partial charge in [-0.05, 0) is 23.3 Å². The van der Waals surface area contributed by atoms with Crippen molar-refractivity contribution in [1.29, 1.82) is 0 Å². The smallest absolute Gasteiger partial charge is 0.258 e. The van der Waals surface area contributed by atoms with E-state index in [1.54, 1.807) is 0 Å². The van der Waals surface area contributed by atoms with Gasteiger partial charge < -0.3 is 0 Å². The van der Waals surface area contributed by atoms with E-state index in [9.17, 15) is 32.1 Å². The van der Waals surface area contributed by atoms with Gasteiger partial charge in [-0.2, -0.15) is 17.6 Å². The first-order valence-electron chi connectivity index (χ1n) is 5.52. The molecule has 2 rings (SSSR count). The van der Waals surface area contributed by atoms with Crippen LogP contribution in [0, 0.1) is 21.7 Å². The molecule has 8 heteroatoms. The molecule has 0 atom stereocenters. The van der Waals surface area contributed by atoms with Crippen LogP contribution in [-0.2, 0) is 6.18 Å². The van der Waals surface area contributed by atoms with Crippen molar-refractivity contribution < 1.29 is 26.9 Å². The summed E-state index contributed by atoms with van der Waals surface area (Å²) >= 11 is 0. The number of hydrogen-bond donors (Lipinski definition) is 0. The first-order chi connectivity index (χ1) is 9.71. The molecule has 0 heterocycles. The van der Waals surface area contributed by atoms with Gasteiger partial charge in [0.1, 0.15) is 0 Å². The third kappa shape index (κ3) is 2.83. The molecule has 3 nitrogen and oxygen atoms in total. The molecule has 0 N–H and O–H groups in total. The highest BCUT2D eigenvalue weighted by Gasteiger charge is 2.34. The number of nitro groups is 1. The molecule has 0 saturated heterocycles. The summed E-state index contributed by atoms with van der Waals surface area (Å²) in [5, 5.41) is 10.6. The lowest BCUT2D eigenvalue weighted by molar-refractivity contribution is -0.387. The Bertz CT molecular complexity index is 712. The number of hydrogen-bond acceptors (Lipinski definition) is 2. The van der Waals surface area contributed by atoms with Crippen LogP contribution in [0.15, 0.2) is 36.4 Å². The molecule has 0 fully saturated rings. The molecule has 21 heavy (non-hydrogen) atoms. The van der Waals surface area contributed by atoms with Crippen LogP contribution in [0.1, 0.15) is 5.56 Å². The SMILES string of the molecule is O=[N+]([O-])c1cc(-c2ccccc2C(F)(F)F)cc(F)c1F. The highest BCUT2D eigenvalue weighted by atomic mass is 19.4. The Hall–Kier alpha value is -2.51. The quantitative estimate of drug-likeness (QED) is 0.464. The zero-order valence-electron chi connectivity index (χ0n) is 10.1. The lowest BCUT2D eigenvalue weighted by Gasteiger charge is -2.12. The van der Waals surface area contributed by atoms with Gasteiger partial charge in [-0.1, -0.05) is 18.2 Å². The van der Waals surface area contributed by atoms with Gasteiger partial charge in [0.05, 0.1) is 10.5 Å². The summed E-state index contributed by atoms with van der Waals surface area (Å²) in [4.78, 5) is 9.42. The van der Waals surface area contributed by atoms with Crippen molar-refractivity contribution >= 4 is 5.69 Å². The van der Waals surface area contributed by atoms with Crippen molar-refractivity contribution in [2.24, 2.45) is 0 Å². The van der Waals surface area contributed by atoms with Gasteiger partial charge in [0.15, 0.2) is 5.82 Å². The number of benzene rings is 2. The number of nitro benzene ring substituents is 1. The monoisotopic (exact) mass is 303 g/mol. The fourth-order valence-electron chi connectivity index (χ4n) is 1.84. The maximum atomic E-state index is 13.4. The minimum absolute atomic E-state index is 0.423. The van der Waals surface area contributed by atoms with E-state index in [2.05, 4.69) is 0 Å². The Morgan fingerprint density at radius 3 is 2.24 bits per heavy atom. The molecular weight excluding hydrogens is 297 g/mol. The molecule has 2 aromatic rings. The van der Waals surface area contributed by atoms with E-state index in [4.69, 9.17) is 0 Å². The second kappa shape index (κ2) is 5.12. The minimum Gasteiger partial charge on any atom is -0.258 e. The largest absolute Gasteiger partial charge is 0.417 e. The van der Waals surface area contributed by atoms with E-state index in [-0.39, 0.29) is 0 Å². The normalized spacial score (nSPS) is 11.5. The highest BCUT2D eigenvalue weighted by molar-refractivity contribution is 5.70. The minimum atomic E-state index is -4.73. The molecule has 0 spiro atoms. The zero-order valence-corrected chi connectivity index (χ0v) is 10.1. The topological polar surface area (TPSA) is 43.1 Å². The molecule has 0 unspecified atom stereocenters. The molecule has 0 amide bonds. The molecule has 0 aliphatic heterocycles. The van der Waals surface area contributed by atoms with Gasteiger partial charge in [-0.3, -0.25) is 10.1 Å². The van der Waals surface area contributed by atoms with E-state index in [0.717, 1.165) is 18.2 Å². The maximum absolute atomic E-state index is 13.4. The highest BCUT2D eigenvalue weighted by Crippen LogP contribution is 2.38. The lowest BCUT2D eigenvalue weighted by Crippen LogP contribution is -2.07. The van der Waals surface area contributed by atoms with Crippen molar-refractivity contribution in [3.8, 4) is 11.1 Å². The van der Waals surface area contributed by atoms with Crippen LogP contribution in [0.4, 0.5) is 27.6 Å². The van der Waals surface area contributed by atoms with Crippen LogP contribution in [0.5, 0.6) is 0 Å². The number of halogens is 5. The van der Waals surface area contributed by atoms with Crippen LogP contribution in [0.2, 0.25) is 0 Å². The van der Waals surface area contributed by atoms with Crippen LogP contribution in [0.25, 0.3) is 11.1 Å². The Balaban J connectivity index is 2.72. The van der Waals surface area contributed by atoms with E-state index >= 15 is 0 Å². The lowest BCUT2D eigenvalue weighted by atomic mass is 9.98. The second-order valence-electron chi connectivity index (χ2n) is 4.09. The Kier molecular flexibility index (Phi) is 3.63. The Morgan fingerprint density at radius 2 is 1.67 bits per heavy atom. The van der Waals surface area contributed by atoms with Gasteiger partial charge in [0, 0.05) is 6.07 Å². The van der Waals surface area contributed by atoms with Gasteiger partial charge in [-0.25, -0.2) is 4.39 Å². The van der Waals surface area contributed by atoms with E-state index < -0.39 is 45.1 Å². The second-order valence-corrected chi connectivity index (χ2v) is 4.09.